The summed E-state index contributed by atoms with van der Waals surface area (Å²) in [7, 11) is -1.27. The minimum absolute atomic E-state index is 0.0893. The third-order valence-corrected chi connectivity index (χ3v) is 5.72. The maximum absolute atomic E-state index is 12.8. The van der Waals surface area contributed by atoms with Gasteiger partial charge in [-0.3, -0.25) is 4.21 Å². The fourth-order valence-electron chi connectivity index (χ4n) is 2.77. The monoisotopic (exact) mass is 282 g/mol. The van der Waals surface area contributed by atoms with Crippen molar-refractivity contribution in [2.45, 2.75) is 48.4 Å². The smallest absolute Gasteiger partial charge is 0.202 e. The summed E-state index contributed by atoms with van der Waals surface area (Å²) >= 11 is 0. The second kappa shape index (κ2) is 4.66. The number of fused-ring (bicyclic) bond motifs is 1. The molecule has 0 bridgehead atoms. The summed E-state index contributed by atoms with van der Waals surface area (Å²) < 4.78 is 24.2. The lowest BCUT2D eigenvalue weighted by molar-refractivity contribution is -0.0575. The highest BCUT2D eigenvalue weighted by atomic mass is 32.2. The number of aryl methyl sites for hydroxylation is 1. The Balaban J connectivity index is 1.89. The number of aliphatic hydroxyl groups is 1. The lowest BCUT2D eigenvalue weighted by atomic mass is 10.1. The first-order chi connectivity index (χ1) is 9.13. The van der Waals surface area contributed by atoms with E-state index in [1.54, 1.807) is 0 Å². The lowest BCUT2D eigenvalue weighted by Crippen LogP contribution is -2.32. The molecule has 0 aliphatic carbocycles. The third kappa shape index (κ3) is 1.88. The van der Waals surface area contributed by atoms with Gasteiger partial charge in [0.1, 0.15) is 18.3 Å². The Labute approximate surface area is 115 Å². The summed E-state index contributed by atoms with van der Waals surface area (Å²) in [5, 5.41) is 9.28. The molecule has 0 radical (unpaired) electrons. The van der Waals surface area contributed by atoms with Gasteiger partial charge in [0.15, 0.2) is 0 Å². The zero-order chi connectivity index (χ0) is 13.6. The fourth-order valence-corrected chi connectivity index (χ4v) is 4.54. The van der Waals surface area contributed by atoms with Crippen molar-refractivity contribution >= 4 is 10.8 Å². The van der Waals surface area contributed by atoms with Crippen molar-refractivity contribution in [1.29, 1.82) is 0 Å². The molecule has 1 aromatic carbocycles. The van der Waals surface area contributed by atoms with Gasteiger partial charge in [0, 0.05) is 4.90 Å². The van der Waals surface area contributed by atoms with Crippen molar-refractivity contribution < 1.29 is 18.8 Å². The van der Waals surface area contributed by atoms with Gasteiger partial charge in [-0.15, -0.1) is 0 Å². The Hall–Kier alpha value is -0.750. The van der Waals surface area contributed by atoms with Gasteiger partial charge in [-0.05, 0) is 25.5 Å². The van der Waals surface area contributed by atoms with Gasteiger partial charge < -0.3 is 14.6 Å². The van der Waals surface area contributed by atoms with E-state index in [9.17, 15) is 9.32 Å². The average Bonchev–Trinajstić information content (AvgIpc) is 3.10. The molecule has 0 saturated carbocycles. The molecule has 104 valence electrons. The predicted molar refractivity (Wildman–Crippen MR) is 71.2 cm³/mol. The van der Waals surface area contributed by atoms with Crippen LogP contribution in [0.5, 0.6) is 0 Å². The van der Waals surface area contributed by atoms with E-state index in [0.717, 1.165) is 16.9 Å². The first-order valence-electron chi connectivity index (χ1n) is 6.56. The standard InChI is InChI=1S/C14H18O4S/c1-3-12-14(13(18-14)11(8-15)17-12)19(16)10-6-4-9(2)5-7-10/h4-7,11-13,15H,3,8H2,1-2H3/t11?,12-,13?,14?,19?/m0/s1. The molecule has 2 fully saturated rings. The van der Waals surface area contributed by atoms with Crippen LogP contribution in [0.1, 0.15) is 18.9 Å². The highest BCUT2D eigenvalue weighted by molar-refractivity contribution is 7.86. The minimum Gasteiger partial charge on any atom is -0.394 e. The maximum atomic E-state index is 12.8. The van der Waals surface area contributed by atoms with Gasteiger partial charge in [-0.1, -0.05) is 24.6 Å². The number of aliphatic hydroxyl groups excluding tert-OH is 1. The quantitative estimate of drug-likeness (QED) is 0.847. The summed E-state index contributed by atoms with van der Waals surface area (Å²) in [6.07, 6.45) is -0.0781. The van der Waals surface area contributed by atoms with Crippen LogP contribution in [-0.4, -0.2) is 39.2 Å². The van der Waals surface area contributed by atoms with E-state index in [1.807, 2.05) is 38.1 Å². The van der Waals surface area contributed by atoms with Gasteiger partial charge in [0.05, 0.1) is 17.4 Å². The minimum atomic E-state index is -1.27. The number of hydrogen-bond acceptors (Lipinski definition) is 4. The van der Waals surface area contributed by atoms with E-state index in [0.29, 0.717) is 0 Å². The van der Waals surface area contributed by atoms with Crippen molar-refractivity contribution in [1.82, 2.24) is 0 Å². The number of epoxide rings is 1. The summed E-state index contributed by atoms with van der Waals surface area (Å²) in [6.45, 7) is 3.89. The number of benzene rings is 1. The van der Waals surface area contributed by atoms with Crippen LogP contribution in [0, 0.1) is 6.92 Å². The summed E-state index contributed by atoms with van der Waals surface area (Å²) in [5.74, 6) is 0. The number of rotatable bonds is 4. The molecule has 19 heavy (non-hydrogen) atoms. The molecular formula is C14H18O4S. The zero-order valence-electron chi connectivity index (χ0n) is 11.0. The molecule has 0 aromatic heterocycles. The second-order valence-electron chi connectivity index (χ2n) is 5.10. The first kappa shape index (κ1) is 13.2. The van der Waals surface area contributed by atoms with Gasteiger partial charge in [-0.2, -0.15) is 0 Å². The molecule has 4 unspecified atom stereocenters. The van der Waals surface area contributed by atoms with Crippen molar-refractivity contribution in [3.8, 4) is 0 Å². The van der Waals surface area contributed by atoms with Crippen LogP contribution in [0.3, 0.4) is 0 Å². The van der Waals surface area contributed by atoms with Crippen LogP contribution in [0.4, 0.5) is 0 Å². The van der Waals surface area contributed by atoms with Gasteiger partial charge in [0.25, 0.3) is 0 Å². The average molecular weight is 282 g/mol. The number of hydrogen-bond donors (Lipinski definition) is 1. The molecule has 1 aromatic rings. The van der Waals surface area contributed by atoms with Crippen LogP contribution in [0.25, 0.3) is 0 Å². The first-order valence-corrected chi connectivity index (χ1v) is 7.71. The second-order valence-corrected chi connectivity index (χ2v) is 6.74. The molecule has 0 amide bonds. The van der Waals surface area contributed by atoms with Gasteiger partial charge >= 0.3 is 0 Å². The largest absolute Gasteiger partial charge is 0.394 e. The molecule has 2 aliphatic heterocycles. The fraction of sp³-hybridized carbons (Fsp3) is 0.571. The van der Waals surface area contributed by atoms with Crippen LogP contribution in [0.2, 0.25) is 0 Å². The van der Waals surface area contributed by atoms with E-state index in [2.05, 4.69) is 0 Å². The van der Waals surface area contributed by atoms with E-state index in [-0.39, 0.29) is 24.9 Å². The van der Waals surface area contributed by atoms with Crippen LogP contribution in [-0.2, 0) is 20.3 Å². The maximum Gasteiger partial charge on any atom is 0.202 e. The highest BCUT2D eigenvalue weighted by Gasteiger charge is 2.74. The molecule has 5 atom stereocenters. The predicted octanol–water partition coefficient (Wildman–Crippen LogP) is 1.37. The third-order valence-electron chi connectivity index (χ3n) is 3.85. The Kier molecular flexibility index (Phi) is 3.25. The van der Waals surface area contributed by atoms with Crippen molar-refractivity contribution in [2.24, 2.45) is 0 Å². The molecule has 1 N–H and O–H groups in total. The Morgan fingerprint density at radius 2 is 2.05 bits per heavy atom. The lowest BCUT2D eigenvalue weighted by Gasteiger charge is -2.19. The molecule has 2 aliphatic rings. The summed E-state index contributed by atoms with van der Waals surface area (Å²) in [5.41, 5.74) is 1.13. The van der Waals surface area contributed by atoms with Crippen LogP contribution < -0.4 is 0 Å². The Morgan fingerprint density at radius 3 is 2.63 bits per heavy atom. The molecule has 5 heteroatoms. The van der Waals surface area contributed by atoms with Crippen LogP contribution in [0.15, 0.2) is 29.2 Å². The van der Waals surface area contributed by atoms with Gasteiger partial charge in [-0.25, -0.2) is 0 Å². The van der Waals surface area contributed by atoms with E-state index in [4.69, 9.17) is 9.47 Å². The molecule has 3 rings (SSSR count). The molecule has 0 spiro atoms. The molecule has 4 nitrogen and oxygen atoms in total. The van der Waals surface area contributed by atoms with Gasteiger partial charge in [0.2, 0.25) is 4.93 Å². The topological polar surface area (TPSA) is 59.1 Å². The molecular weight excluding hydrogens is 264 g/mol. The van der Waals surface area contributed by atoms with Crippen LogP contribution >= 0.6 is 0 Å². The summed E-state index contributed by atoms with van der Waals surface area (Å²) in [4.78, 5) is 0.00552. The van der Waals surface area contributed by atoms with E-state index >= 15 is 0 Å². The Bertz CT molecular complexity index is 501. The van der Waals surface area contributed by atoms with Crippen molar-refractivity contribution in [3.05, 3.63) is 29.8 Å². The molecule has 2 saturated heterocycles. The van der Waals surface area contributed by atoms with Crippen molar-refractivity contribution in [3.63, 3.8) is 0 Å². The summed E-state index contributed by atoms with van der Waals surface area (Å²) in [6, 6.07) is 7.64. The number of ether oxygens (including phenoxy) is 2. The Morgan fingerprint density at radius 1 is 1.37 bits per heavy atom. The normalized spacial score (nSPS) is 37.9. The van der Waals surface area contributed by atoms with Crippen molar-refractivity contribution in [2.75, 3.05) is 6.61 Å². The highest BCUT2D eigenvalue weighted by Crippen LogP contribution is 2.54. The molecule has 2 heterocycles. The van der Waals surface area contributed by atoms with E-state index in [1.165, 1.54) is 0 Å². The zero-order valence-corrected chi connectivity index (χ0v) is 11.9. The SMILES string of the molecule is CC[C@@H]1OC(CO)C2OC21S(=O)c1ccc(C)cc1. The van der Waals surface area contributed by atoms with E-state index < -0.39 is 15.7 Å².